The third-order valence-corrected chi connectivity index (χ3v) is 6.08. The fraction of sp³-hybridized carbons (Fsp3) is 0.520. The first-order chi connectivity index (χ1) is 15.0. The molecule has 1 atom stereocenters. The number of benzene rings is 2. The number of hydrogen-bond donors (Lipinski definition) is 1. The summed E-state index contributed by atoms with van der Waals surface area (Å²) >= 11 is 0. The smallest absolute Gasteiger partial charge is 0.162 e. The van der Waals surface area contributed by atoms with E-state index in [4.69, 9.17) is 14.2 Å². The Labute approximate surface area is 186 Å². The fourth-order valence-corrected chi connectivity index (χ4v) is 4.27. The first-order valence-electron chi connectivity index (χ1n) is 11.1. The van der Waals surface area contributed by atoms with E-state index < -0.39 is 0 Å². The lowest BCUT2D eigenvalue weighted by Crippen LogP contribution is -2.46. The van der Waals surface area contributed by atoms with Crippen LogP contribution in [0.15, 0.2) is 36.4 Å². The molecule has 1 unspecified atom stereocenters. The molecule has 31 heavy (non-hydrogen) atoms. The molecule has 6 heteroatoms. The molecule has 3 rings (SSSR count). The summed E-state index contributed by atoms with van der Waals surface area (Å²) in [5.74, 6) is 2.38. The van der Waals surface area contributed by atoms with Crippen molar-refractivity contribution in [3.05, 3.63) is 47.5 Å². The van der Waals surface area contributed by atoms with Crippen LogP contribution in [0.3, 0.4) is 0 Å². The monoisotopic (exact) mass is 428 g/mol. The van der Waals surface area contributed by atoms with Crippen molar-refractivity contribution < 1.29 is 19.3 Å². The van der Waals surface area contributed by atoms with Gasteiger partial charge in [-0.25, -0.2) is 0 Å². The number of likely N-dealkylation sites (tertiary alicyclic amines) is 1. The van der Waals surface area contributed by atoms with E-state index >= 15 is 0 Å². The Kier molecular flexibility index (Phi) is 8.43. The molecule has 0 aliphatic carbocycles. The molecule has 1 N–H and O–H groups in total. The van der Waals surface area contributed by atoms with E-state index in [1.54, 1.807) is 14.2 Å². The molecule has 0 bridgehead atoms. The van der Waals surface area contributed by atoms with E-state index in [2.05, 4.69) is 29.0 Å². The van der Waals surface area contributed by atoms with Crippen LogP contribution in [0.25, 0.3) is 0 Å². The van der Waals surface area contributed by atoms with Crippen LogP contribution in [0.2, 0.25) is 0 Å². The molecule has 1 heterocycles. The Bertz CT molecular complexity index is 842. The predicted octanol–water partition coefficient (Wildman–Crippen LogP) is 3.95. The summed E-state index contributed by atoms with van der Waals surface area (Å²) in [7, 11) is 5.54. The average Bonchev–Trinajstić information content (AvgIpc) is 2.80. The number of hydrogen-bond acceptors (Lipinski definition) is 6. The second kappa shape index (κ2) is 11.3. The number of phenolic OH excluding ortho intramolecular Hbond substituents is 1. The summed E-state index contributed by atoms with van der Waals surface area (Å²) in [4.78, 5) is 4.89. The van der Waals surface area contributed by atoms with Crippen LogP contribution in [-0.4, -0.2) is 68.5 Å². The van der Waals surface area contributed by atoms with Crippen LogP contribution in [0.4, 0.5) is 0 Å². The molecule has 1 fully saturated rings. The number of nitrogens with zero attached hydrogens (tertiary/aromatic N) is 2. The number of piperidine rings is 1. The van der Waals surface area contributed by atoms with Crippen molar-refractivity contribution in [1.29, 1.82) is 0 Å². The van der Waals surface area contributed by atoms with Crippen LogP contribution in [0.5, 0.6) is 23.0 Å². The van der Waals surface area contributed by atoms with E-state index in [-0.39, 0.29) is 5.75 Å². The van der Waals surface area contributed by atoms with E-state index in [9.17, 15) is 5.11 Å². The number of rotatable bonds is 10. The molecule has 0 aromatic heterocycles. The molecule has 6 nitrogen and oxygen atoms in total. The van der Waals surface area contributed by atoms with Crippen LogP contribution >= 0.6 is 0 Å². The van der Waals surface area contributed by atoms with Crippen molar-refractivity contribution in [2.24, 2.45) is 0 Å². The van der Waals surface area contributed by atoms with Crippen molar-refractivity contribution in [1.82, 2.24) is 9.80 Å². The molecule has 2 aromatic carbocycles. The maximum atomic E-state index is 10.5. The minimum Gasteiger partial charge on any atom is -0.504 e. The Hall–Kier alpha value is -2.44. The fourth-order valence-electron chi connectivity index (χ4n) is 4.27. The third kappa shape index (κ3) is 6.05. The zero-order valence-corrected chi connectivity index (χ0v) is 19.3. The van der Waals surface area contributed by atoms with Crippen molar-refractivity contribution >= 4 is 0 Å². The zero-order chi connectivity index (χ0) is 22.2. The first kappa shape index (κ1) is 23.2. The Morgan fingerprint density at radius 3 is 2.65 bits per heavy atom. The van der Waals surface area contributed by atoms with Crippen LogP contribution in [-0.2, 0) is 13.0 Å². The summed E-state index contributed by atoms with van der Waals surface area (Å²) in [6.07, 6.45) is 3.33. The highest BCUT2D eigenvalue weighted by Gasteiger charge is 2.24. The molecule has 0 saturated carbocycles. The van der Waals surface area contributed by atoms with Crippen molar-refractivity contribution in [3.8, 4) is 23.0 Å². The second-order valence-corrected chi connectivity index (χ2v) is 8.15. The topological polar surface area (TPSA) is 54.4 Å². The number of para-hydroxylation sites is 1. The quantitative estimate of drug-likeness (QED) is 0.619. The molecule has 170 valence electrons. The predicted molar refractivity (Wildman–Crippen MR) is 123 cm³/mol. The Balaban J connectivity index is 1.56. The minimum atomic E-state index is 0.272. The SMILES string of the molecule is CCOc1cccc(CN2CCCC(N(C)CCc3ccc(OC)c(OC)c3)C2)c1O. The highest BCUT2D eigenvalue weighted by Crippen LogP contribution is 2.31. The largest absolute Gasteiger partial charge is 0.504 e. The number of methoxy groups -OCH3 is 2. The van der Waals surface area contributed by atoms with E-state index in [1.807, 2.05) is 31.2 Å². The number of aromatic hydroxyl groups is 1. The molecule has 2 aromatic rings. The van der Waals surface area contributed by atoms with Crippen LogP contribution in [0.1, 0.15) is 30.9 Å². The van der Waals surface area contributed by atoms with Gasteiger partial charge in [0.05, 0.1) is 20.8 Å². The first-order valence-corrected chi connectivity index (χ1v) is 11.1. The highest BCUT2D eigenvalue weighted by molar-refractivity contribution is 5.45. The maximum absolute atomic E-state index is 10.5. The van der Waals surface area contributed by atoms with Gasteiger partial charge >= 0.3 is 0 Å². The summed E-state index contributed by atoms with van der Waals surface area (Å²) < 4.78 is 16.3. The molecule has 1 aliphatic rings. The molecule has 1 aliphatic heterocycles. The standard InChI is InChI=1S/C25H36N2O4/c1-5-31-23-10-6-8-20(25(23)28)17-27-14-7-9-21(18-27)26(2)15-13-19-11-12-22(29-3)24(16-19)30-4/h6,8,10-12,16,21,28H,5,7,9,13-15,17-18H2,1-4H3. The van der Waals surface area contributed by atoms with Crippen molar-refractivity contribution in [2.75, 3.05) is 47.5 Å². The van der Waals surface area contributed by atoms with Gasteiger partial charge in [0.2, 0.25) is 0 Å². The molecule has 1 saturated heterocycles. The van der Waals surface area contributed by atoms with Gasteiger partial charge < -0.3 is 24.2 Å². The summed E-state index contributed by atoms with van der Waals surface area (Å²) in [5.41, 5.74) is 2.18. The Morgan fingerprint density at radius 1 is 1.10 bits per heavy atom. The van der Waals surface area contributed by atoms with Gasteiger partial charge in [-0.05, 0) is 63.5 Å². The van der Waals surface area contributed by atoms with Gasteiger partial charge in [0.1, 0.15) is 0 Å². The lowest BCUT2D eigenvalue weighted by molar-refractivity contribution is 0.111. The maximum Gasteiger partial charge on any atom is 0.162 e. The molecular formula is C25H36N2O4. The summed E-state index contributed by atoms with van der Waals surface area (Å²) in [6.45, 7) is 6.26. The number of ether oxygens (including phenoxy) is 3. The second-order valence-electron chi connectivity index (χ2n) is 8.15. The molecule has 0 spiro atoms. The van der Waals surface area contributed by atoms with Gasteiger partial charge in [0.15, 0.2) is 23.0 Å². The van der Waals surface area contributed by atoms with Crippen LogP contribution < -0.4 is 14.2 Å². The number of phenols is 1. The van der Waals surface area contributed by atoms with Gasteiger partial charge in [-0.1, -0.05) is 18.2 Å². The highest BCUT2D eigenvalue weighted by atomic mass is 16.5. The summed E-state index contributed by atoms with van der Waals surface area (Å²) in [5, 5.41) is 10.5. The van der Waals surface area contributed by atoms with Gasteiger partial charge in [0.25, 0.3) is 0 Å². The molecule has 0 radical (unpaired) electrons. The molecular weight excluding hydrogens is 392 g/mol. The zero-order valence-electron chi connectivity index (χ0n) is 19.3. The lowest BCUT2D eigenvalue weighted by atomic mass is 10.0. The van der Waals surface area contributed by atoms with Gasteiger partial charge in [-0.15, -0.1) is 0 Å². The molecule has 0 amide bonds. The van der Waals surface area contributed by atoms with E-state index in [0.29, 0.717) is 18.4 Å². The van der Waals surface area contributed by atoms with E-state index in [1.165, 1.54) is 12.0 Å². The van der Waals surface area contributed by atoms with Gasteiger partial charge in [-0.2, -0.15) is 0 Å². The van der Waals surface area contributed by atoms with E-state index in [0.717, 1.165) is 56.1 Å². The summed E-state index contributed by atoms with van der Waals surface area (Å²) in [6, 6.07) is 12.4. The Morgan fingerprint density at radius 2 is 1.90 bits per heavy atom. The number of likely N-dealkylation sites (N-methyl/N-ethyl adjacent to an activating group) is 1. The van der Waals surface area contributed by atoms with Gasteiger partial charge in [-0.3, -0.25) is 4.90 Å². The van der Waals surface area contributed by atoms with Crippen molar-refractivity contribution in [3.63, 3.8) is 0 Å². The average molecular weight is 429 g/mol. The minimum absolute atomic E-state index is 0.272. The normalized spacial score (nSPS) is 17.0. The third-order valence-electron chi connectivity index (χ3n) is 6.08. The van der Waals surface area contributed by atoms with Gasteiger partial charge in [0, 0.05) is 31.2 Å². The van der Waals surface area contributed by atoms with Crippen molar-refractivity contribution in [2.45, 2.75) is 38.8 Å². The van der Waals surface area contributed by atoms with Crippen LogP contribution in [0, 0.1) is 0 Å². The lowest BCUT2D eigenvalue weighted by Gasteiger charge is -2.38.